The largest absolute Gasteiger partial charge is 0.335 e. The van der Waals surface area contributed by atoms with E-state index in [0.29, 0.717) is 6.54 Å². The molecule has 0 bridgehead atoms. The fourth-order valence-electron chi connectivity index (χ4n) is 1.71. The molecular formula is C12H12FN3O. The van der Waals surface area contributed by atoms with Crippen molar-refractivity contribution in [3.63, 3.8) is 0 Å². The summed E-state index contributed by atoms with van der Waals surface area (Å²) in [5, 5.41) is 8.55. The first-order chi connectivity index (χ1) is 8.24. The number of carbonyl (C=O) groups is 1. The van der Waals surface area contributed by atoms with Gasteiger partial charge in [-0.05, 0) is 18.9 Å². The van der Waals surface area contributed by atoms with E-state index in [1.54, 1.807) is 4.90 Å². The third kappa shape index (κ3) is 2.59. The summed E-state index contributed by atoms with van der Waals surface area (Å²) in [6.07, 6.45) is 4.57. The lowest BCUT2D eigenvalue weighted by Crippen LogP contribution is -2.34. The van der Waals surface area contributed by atoms with Gasteiger partial charge in [0.15, 0.2) is 5.82 Å². The standard InChI is InChI=1S/C12H12FN3O/c13-11-8-15-6-4-10(11)12(17)16(7-1-5-14)9-2-3-9/h4,6,8-9H,1-3,7H2. The summed E-state index contributed by atoms with van der Waals surface area (Å²) >= 11 is 0. The molecule has 0 atom stereocenters. The third-order valence-corrected chi connectivity index (χ3v) is 2.72. The van der Waals surface area contributed by atoms with Crippen LogP contribution in [0.5, 0.6) is 0 Å². The zero-order valence-corrected chi connectivity index (χ0v) is 9.27. The van der Waals surface area contributed by atoms with Gasteiger partial charge in [-0.15, -0.1) is 0 Å². The lowest BCUT2D eigenvalue weighted by atomic mass is 10.2. The Morgan fingerprint density at radius 3 is 3.00 bits per heavy atom. The summed E-state index contributed by atoms with van der Waals surface area (Å²) in [6, 6.07) is 3.55. The molecule has 1 aliphatic rings. The first-order valence-corrected chi connectivity index (χ1v) is 5.51. The van der Waals surface area contributed by atoms with E-state index in [1.165, 1.54) is 12.3 Å². The highest BCUT2D eigenvalue weighted by Crippen LogP contribution is 2.28. The van der Waals surface area contributed by atoms with Gasteiger partial charge in [0, 0.05) is 18.8 Å². The van der Waals surface area contributed by atoms with E-state index in [0.717, 1.165) is 19.0 Å². The average molecular weight is 233 g/mol. The van der Waals surface area contributed by atoms with E-state index in [9.17, 15) is 9.18 Å². The van der Waals surface area contributed by atoms with E-state index in [2.05, 4.69) is 4.98 Å². The van der Waals surface area contributed by atoms with E-state index in [4.69, 9.17) is 5.26 Å². The van der Waals surface area contributed by atoms with Crippen molar-refractivity contribution in [2.24, 2.45) is 0 Å². The summed E-state index contributed by atoms with van der Waals surface area (Å²) in [5.41, 5.74) is 0.0323. The number of halogens is 1. The molecule has 88 valence electrons. The molecule has 0 aromatic carbocycles. The summed E-state index contributed by atoms with van der Waals surface area (Å²) in [7, 11) is 0. The highest BCUT2D eigenvalue weighted by Gasteiger charge is 2.33. The molecular weight excluding hydrogens is 221 g/mol. The quantitative estimate of drug-likeness (QED) is 0.795. The zero-order valence-electron chi connectivity index (χ0n) is 9.27. The van der Waals surface area contributed by atoms with Crippen LogP contribution in [0.4, 0.5) is 4.39 Å². The second-order valence-electron chi connectivity index (χ2n) is 3.99. The van der Waals surface area contributed by atoms with Gasteiger partial charge in [0.1, 0.15) is 0 Å². The van der Waals surface area contributed by atoms with E-state index >= 15 is 0 Å². The lowest BCUT2D eigenvalue weighted by molar-refractivity contribution is 0.0742. The maximum Gasteiger partial charge on any atom is 0.257 e. The summed E-state index contributed by atoms with van der Waals surface area (Å²) in [5.74, 6) is -0.956. The van der Waals surface area contributed by atoms with Crippen LogP contribution in [0.25, 0.3) is 0 Å². The number of nitriles is 1. The number of aromatic nitrogens is 1. The number of hydrogen-bond acceptors (Lipinski definition) is 3. The molecule has 17 heavy (non-hydrogen) atoms. The minimum absolute atomic E-state index is 0.0323. The molecule has 0 aliphatic heterocycles. The Labute approximate surface area is 98.7 Å². The van der Waals surface area contributed by atoms with Crippen molar-refractivity contribution in [3.05, 3.63) is 29.8 Å². The smallest absolute Gasteiger partial charge is 0.257 e. The lowest BCUT2D eigenvalue weighted by Gasteiger charge is -2.21. The average Bonchev–Trinajstić information content (AvgIpc) is 3.14. The zero-order chi connectivity index (χ0) is 12.3. The van der Waals surface area contributed by atoms with Gasteiger partial charge in [-0.1, -0.05) is 0 Å². The van der Waals surface area contributed by atoms with Crippen LogP contribution in [0.2, 0.25) is 0 Å². The van der Waals surface area contributed by atoms with E-state index in [1.807, 2.05) is 6.07 Å². The molecule has 0 spiro atoms. The van der Waals surface area contributed by atoms with Crippen LogP contribution in [0, 0.1) is 17.1 Å². The minimum atomic E-state index is -0.611. The normalized spacial score (nSPS) is 14.1. The van der Waals surface area contributed by atoms with Crippen molar-refractivity contribution >= 4 is 5.91 Å². The number of rotatable bonds is 4. The number of pyridine rings is 1. The topological polar surface area (TPSA) is 57.0 Å². The Bertz CT molecular complexity index is 465. The molecule has 1 heterocycles. The van der Waals surface area contributed by atoms with Gasteiger partial charge in [0.25, 0.3) is 5.91 Å². The van der Waals surface area contributed by atoms with Gasteiger partial charge in [-0.2, -0.15) is 5.26 Å². The van der Waals surface area contributed by atoms with E-state index in [-0.39, 0.29) is 23.9 Å². The summed E-state index contributed by atoms with van der Waals surface area (Å²) in [6.45, 7) is 0.363. The van der Waals surface area contributed by atoms with Crippen molar-refractivity contribution in [3.8, 4) is 6.07 Å². The van der Waals surface area contributed by atoms with Crippen molar-refractivity contribution in [1.82, 2.24) is 9.88 Å². The predicted octanol–water partition coefficient (Wildman–Crippen LogP) is 1.74. The van der Waals surface area contributed by atoms with Crippen LogP contribution in [0.15, 0.2) is 18.5 Å². The number of amides is 1. The second kappa shape index (κ2) is 4.91. The molecule has 1 amide bonds. The maximum atomic E-state index is 13.4. The first-order valence-electron chi connectivity index (χ1n) is 5.51. The molecule has 0 saturated heterocycles. The molecule has 1 fully saturated rings. The fourth-order valence-corrected chi connectivity index (χ4v) is 1.71. The van der Waals surface area contributed by atoms with Crippen molar-refractivity contribution < 1.29 is 9.18 Å². The van der Waals surface area contributed by atoms with Crippen LogP contribution >= 0.6 is 0 Å². The van der Waals surface area contributed by atoms with Gasteiger partial charge >= 0.3 is 0 Å². The van der Waals surface area contributed by atoms with Crippen LogP contribution < -0.4 is 0 Å². The Kier molecular flexibility index (Phi) is 3.33. The third-order valence-electron chi connectivity index (χ3n) is 2.72. The monoisotopic (exact) mass is 233 g/mol. The Hall–Kier alpha value is -1.96. The molecule has 4 nitrogen and oxygen atoms in total. The van der Waals surface area contributed by atoms with Gasteiger partial charge in [0.2, 0.25) is 0 Å². The Morgan fingerprint density at radius 2 is 2.41 bits per heavy atom. The van der Waals surface area contributed by atoms with Crippen LogP contribution in [-0.2, 0) is 0 Å². The van der Waals surface area contributed by atoms with Crippen molar-refractivity contribution in [2.45, 2.75) is 25.3 Å². The number of carbonyl (C=O) groups excluding carboxylic acids is 1. The summed E-state index contributed by atoms with van der Waals surface area (Å²) in [4.78, 5) is 17.3. The fraction of sp³-hybridized carbons (Fsp3) is 0.417. The van der Waals surface area contributed by atoms with Crippen LogP contribution in [0.1, 0.15) is 29.6 Å². The van der Waals surface area contributed by atoms with E-state index < -0.39 is 5.82 Å². The van der Waals surface area contributed by atoms with Gasteiger partial charge < -0.3 is 4.90 Å². The highest BCUT2D eigenvalue weighted by atomic mass is 19.1. The predicted molar refractivity (Wildman–Crippen MR) is 58.5 cm³/mol. The molecule has 1 aromatic rings. The van der Waals surface area contributed by atoms with Gasteiger partial charge in [-0.25, -0.2) is 4.39 Å². The molecule has 2 rings (SSSR count). The molecule has 0 unspecified atom stereocenters. The molecule has 0 radical (unpaired) electrons. The number of nitrogens with zero attached hydrogens (tertiary/aromatic N) is 3. The van der Waals surface area contributed by atoms with Gasteiger partial charge in [-0.3, -0.25) is 9.78 Å². The van der Waals surface area contributed by atoms with Crippen LogP contribution in [-0.4, -0.2) is 28.4 Å². The Morgan fingerprint density at radius 1 is 1.65 bits per heavy atom. The molecule has 1 aliphatic carbocycles. The first kappa shape index (κ1) is 11.5. The maximum absolute atomic E-state index is 13.4. The highest BCUT2D eigenvalue weighted by molar-refractivity contribution is 5.94. The molecule has 5 heteroatoms. The SMILES string of the molecule is N#CCCN(C(=O)c1ccncc1F)C1CC1. The molecule has 1 saturated carbocycles. The minimum Gasteiger partial charge on any atom is -0.335 e. The second-order valence-corrected chi connectivity index (χ2v) is 3.99. The van der Waals surface area contributed by atoms with Crippen LogP contribution in [0.3, 0.4) is 0 Å². The molecule has 1 aromatic heterocycles. The van der Waals surface area contributed by atoms with Crippen molar-refractivity contribution in [1.29, 1.82) is 5.26 Å². The van der Waals surface area contributed by atoms with Crippen molar-refractivity contribution in [2.75, 3.05) is 6.54 Å². The Balaban J connectivity index is 2.16. The summed E-state index contributed by atoms with van der Waals surface area (Å²) < 4.78 is 13.4. The number of hydrogen-bond donors (Lipinski definition) is 0. The van der Waals surface area contributed by atoms with Gasteiger partial charge in [0.05, 0.1) is 24.3 Å². The molecule has 0 N–H and O–H groups in total.